The molecule has 2 rings (SSSR count). The first-order valence-electron chi connectivity index (χ1n) is 7.89. The van der Waals surface area contributed by atoms with Gasteiger partial charge in [-0.3, -0.25) is 13.8 Å². The van der Waals surface area contributed by atoms with Gasteiger partial charge in [0.15, 0.2) is 0 Å². The molecule has 0 aromatic carbocycles. The van der Waals surface area contributed by atoms with E-state index in [1.807, 2.05) is 20.8 Å². The molecule has 0 radical (unpaired) electrons. The molecular formula is C15H26N2O3S. The lowest BCUT2D eigenvalue weighted by molar-refractivity contribution is -0.156. The third-order valence-electron chi connectivity index (χ3n) is 4.61. The van der Waals surface area contributed by atoms with Crippen LogP contribution in [0.15, 0.2) is 0 Å². The topological polar surface area (TPSA) is 66.5 Å². The Morgan fingerprint density at radius 2 is 1.95 bits per heavy atom. The van der Waals surface area contributed by atoms with E-state index in [1.54, 1.807) is 4.90 Å². The van der Waals surface area contributed by atoms with Crippen molar-refractivity contribution in [1.82, 2.24) is 10.2 Å². The van der Waals surface area contributed by atoms with Gasteiger partial charge in [-0.15, -0.1) is 0 Å². The molecule has 6 heteroatoms. The van der Waals surface area contributed by atoms with E-state index in [4.69, 9.17) is 0 Å². The van der Waals surface area contributed by atoms with Crippen LogP contribution in [0.4, 0.5) is 0 Å². The van der Waals surface area contributed by atoms with Gasteiger partial charge in [0.2, 0.25) is 11.8 Å². The molecule has 1 heterocycles. The van der Waals surface area contributed by atoms with Gasteiger partial charge in [0.05, 0.1) is 0 Å². The lowest BCUT2D eigenvalue weighted by atomic mass is 9.87. The smallest absolute Gasteiger partial charge is 0.249 e. The van der Waals surface area contributed by atoms with Crippen LogP contribution in [0.2, 0.25) is 0 Å². The first kappa shape index (κ1) is 16.5. The molecule has 1 spiro atoms. The SMILES string of the molecule is CCS(=O)CCN1C(=O)C2(CCCC2)NC(=O)C1C(C)C. The van der Waals surface area contributed by atoms with E-state index in [1.165, 1.54) is 0 Å². The molecule has 0 bridgehead atoms. The highest BCUT2D eigenvalue weighted by molar-refractivity contribution is 7.84. The Bertz CT molecular complexity index is 444. The molecule has 2 atom stereocenters. The monoisotopic (exact) mass is 314 g/mol. The third kappa shape index (κ3) is 3.15. The van der Waals surface area contributed by atoms with Gasteiger partial charge in [0.1, 0.15) is 11.6 Å². The number of amides is 2. The minimum absolute atomic E-state index is 0.0337. The van der Waals surface area contributed by atoms with E-state index in [0.29, 0.717) is 18.1 Å². The Balaban J connectivity index is 2.22. The van der Waals surface area contributed by atoms with Crippen molar-refractivity contribution in [3.63, 3.8) is 0 Å². The summed E-state index contributed by atoms with van der Waals surface area (Å²) < 4.78 is 11.7. The van der Waals surface area contributed by atoms with E-state index >= 15 is 0 Å². The van der Waals surface area contributed by atoms with Crippen LogP contribution in [0.1, 0.15) is 46.5 Å². The van der Waals surface area contributed by atoms with Crippen molar-refractivity contribution in [3.05, 3.63) is 0 Å². The van der Waals surface area contributed by atoms with Crippen molar-refractivity contribution >= 4 is 22.6 Å². The summed E-state index contributed by atoms with van der Waals surface area (Å²) in [5, 5.41) is 3.00. The molecule has 5 nitrogen and oxygen atoms in total. The van der Waals surface area contributed by atoms with E-state index in [0.717, 1.165) is 25.7 Å². The lowest BCUT2D eigenvalue weighted by Gasteiger charge is -2.45. The Hall–Kier alpha value is -0.910. The highest BCUT2D eigenvalue weighted by atomic mass is 32.2. The van der Waals surface area contributed by atoms with Gasteiger partial charge in [-0.05, 0) is 18.8 Å². The summed E-state index contributed by atoms with van der Waals surface area (Å²) in [7, 11) is -0.922. The predicted octanol–water partition coefficient (Wildman–Crippen LogP) is 1.05. The minimum atomic E-state index is -0.922. The van der Waals surface area contributed by atoms with Crippen molar-refractivity contribution in [2.24, 2.45) is 5.92 Å². The van der Waals surface area contributed by atoms with Crippen LogP contribution in [0.3, 0.4) is 0 Å². The zero-order valence-corrected chi connectivity index (χ0v) is 14.0. The Labute approximate surface area is 129 Å². The second kappa shape index (κ2) is 6.46. The molecule has 1 saturated heterocycles. The number of piperazine rings is 1. The van der Waals surface area contributed by atoms with Gasteiger partial charge >= 0.3 is 0 Å². The maximum absolute atomic E-state index is 12.9. The summed E-state index contributed by atoms with van der Waals surface area (Å²) in [4.78, 5) is 27.1. The highest BCUT2D eigenvalue weighted by Gasteiger charge is 2.52. The second-order valence-corrected chi connectivity index (χ2v) is 8.26. The summed E-state index contributed by atoms with van der Waals surface area (Å²) in [5.74, 6) is 1.09. The fourth-order valence-electron chi connectivity index (χ4n) is 3.47. The molecule has 0 aromatic heterocycles. The van der Waals surface area contributed by atoms with E-state index < -0.39 is 22.4 Å². The van der Waals surface area contributed by atoms with Crippen molar-refractivity contribution in [2.45, 2.75) is 58.0 Å². The summed E-state index contributed by atoms with van der Waals surface area (Å²) in [5.41, 5.74) is -0.684. The minimum Gasteiger partial charge on any atom is -0.340 e. The number of carbonyl (C=O) groups is 2. The summed E-state index contributed by atoms with van der Waals surface area (Å²) in [6, 6.07) is -0.433. The van der Waals surface area contributed by atoms with E-state index in [-0.39, 0.29) is 17.7 Å². The normalized spacial score (nSPS) is 26.5. The summed E-state index contributed by atoms with van der Waals surface area (Å²) in [6.45, 7) is 6.19. The van der Waals surface area contributed by atoms with E-state index in [9.17, 15) is 13.8 Å². The van der Waals surface area contributed by atoms with Crippen LogP contribution in [-0.2, 0) is 20.4 Å². The molecule has 2 fully saturated rings. The zero-order chi connectivity index (χ0) is 15.6. The van der Waals surface area contributed by atoms with Crippen molar-refractivity contribution in [1.29, 1.82) is 0 Å². The van der Waals surface area contributed by atoms with Gasteiger partial charge in [-0.1, -0.05) is 33.6 Å². The lowest BCUT2D eigenvalue weighted by Crippen LogP contribution is -2.70. The van der Waals surface area contributed by atoms with Crippen molar-refractivity contribution in [2.75, 3.05) is 18.1 Å². The largest absolute Gasteiger partial charge is 0.340 e. The zero-order valence-electron chi connectivity index (χ0n) is 13.2. The standard InChI is InChI=1S/C15H26N2O3S/c1-4-21(20)10-9-17-12(11(2)3)13(18)16-15(14(17)19)7-5-6-8-15/h11-12H,4-10H2,1-3H3,(H,16,18). The molecule has 2 aliphatic rings. The van der Waals surface area contributed by atoms with Crippen LogP contribution >= 0.6 is 0 Å². The number of hydrogen-bond acceptors (Lipinski definition) is 3. The van der Waals surface area contributed by atoms with Gasteiger partial charge in [0.25, 0.3) is 0 Å². The third-order valence-corrected chi connectivity index (χ3v) is 5.89. The van der Waals surface area contributed by atoms with E-state index in [2.05, 4.69) is 5.32 Å². The molecular weight excluding hydrogens is 288 g/mol. The Morgan fingerprint density at radius 1 is 1.33 bits per heavy atom. The molecule has 1 saturated carbocycles. The second-order valence-electron chi connectivity index (χ2n) is 6.40. The van der Waals surface area contributed by atoms with Crippen LogP contribution in [0.5, 0.6) is 0 Å². The Morgan fingerprint density at radius 3 is 2.48 bits per heavy atom. The molecule has 2 amide bonds. The predicted molar refractivity (Wildman–Crippen MR) is 83.2 cm³/mol. The number of nitrogens with one attached hydrogen (secondary N) is 1. The molecule has 2 unspecified atom stereocenters. The Kier molecular flexibility index (Phi) is 5.07. The van der Waals surface area contributed by atoms with Crippen LogP contribution in [-0.4, -0.2) is 50.6 Å². The fraction of sp³-hybridized carbons (Fsp3) is 0.867. The van der Waals surface area contributed by atoms with Gasteiger partial charge in [-0.25, -0.2) is 0 Å². The van der Waals surface area contributed by atoms with Gasteiger partial charge < -0.3 is 10.2 Å². The highest BCUT2D eigenvalue weighted by Crippen LogP contribution is 2.35. The van der Waals surface area contributed by atoms with Crippen molar-refractivity contribution in [3.8, 4) is 0 Å². The summed E-state index contributed by atoms with van der Waals surface area (Å²) in [6.07, 6.45) is 3.42. The molecule has 1 aliphatic carbocycles. The van der Waals surface area contributed by atoms with Gasteiger partial charge in [0, 0.05) is 28.9 Å². The first-order valence-corrected chi connectivity index (χ1v) is 9.38. The van der Waals surface area contributed by atoms with Crippen LogP contribution < -0.4 is 5.32 Å². The molecule has 120 valence electrons. The first-order chi connectivity index (χ1) is 9.91. The maximum Gasteiger partial charge on any atom is 0.249 e. The maximum atomic E-state index is 12.9. The van der Waals surface area contributed by atoms with Crippen LogP contribution in [0.25, 0.3) is 0 Å². The quantitative estimate of drug-likeness (QED) is 0.825. The average molecular weight is 314 g/mol. The fourth-order valence-corrected chi connectivity index (χ4v) is 4.16. The molecule has 1 aliphatic heterocycles. The van der Waals surface area contributed by atoms with Gasteiger partial charge in [-0.2, -0.15) is 0 Å². The number of carbonyl (C=O) groups excluding carboxylic acids is 2. The number of hydrogen-bond donors (Lipinski definition) is 1. The molecule has 0 aromatic rings. The van der Waals surface area contributed by atoms with Crippen molar-refractivity contribution < 1.29 is 13.8 Å². The number of rotatable bonds is 5. The number of nitrogens with zero attached hydrogens (tertiary/aromatic N) is 1. The molecule has 21 heavy (non-hydrogen) atoms. The average Bonchev–Trinajstić information content (AvgIpc) is 2.89. The molecule has 1 N–H and O–H groups in total. The van der Waals surface area contributed by atoms with Crippen LogP contribution in [0, 0.1) is 5.92 Å². The summed E-state index contributed by atoms with van der Waals surface area (Å²) >= 11 is 0.